The van der Waals surface area contributed by atoms with Crippen LogP contribution in [0.2, 0.25) is 5.02 Å². The van der Waals surface area contributed by atoms with Gasteiger partial charge in [0.15, 0.2) is 0 Å². The molecule has 0 unspecified atom stereocenters. The molecule has 1 amide bonds. The number of nitro groups is 1. The van der Waals surface area contributed by atoms with Crippen molar-refractivity contribution >= 4 is 29.2 Å². The number of alkyl halides is 3. The summed E-state index contributed by atoms with van der Waals surface area (Å²) in [4.78, 5) is 34.2. The van der Waals surface area contributed by atoms with E-state index in [2.05, 4.69) is 0 Å². The van der Waals surface area contributed by atoms with E-state index < -0.39 is 59.2 Å². The second-order valence-electron chi connectivity index (χ2n) is 5.19. The third-order valence-corrected chi connectivity index (χ3v) is 4.06. The van der Waals surface area contributed by atoms with E-state index in [1.54, 1.807) is 0 Å². The van der Waals surface area contributed by atoms with Gasteiger partial charge in [0, 0.05) is 19.2 Å². The summed E-state index contributed by atoms with van der Waals surface area (Å²) in [5, 5.41) is 19.6. The number of hydrogen-bond donors (Lipinski definition) is 1. The van der Waals surface area contributed by atoms with Crippen LogP contribution in [0, 0.1) is 22.0 Å². The van der Waals surface area contributed by atoms with Gasteiger partial charge in [-0.15, -0.1) is 0 Å². The quantitative estimate of drug-likeness (QED) is 0.654. The Morgan fingerprint density at radius 3 is 2.42 bits per heavy atom. The summed E-state index contributed by atoms with van der Waals surface area (Å²) < 4.78 is 38.9. The normalized spacial score (nSPS) is 20.9. The van der Waals surface area contributed by atoms with E-state index in [4.69, 9.17) is 16.7 Å². The lowest BCUT2D eigenvalue weighted by Crippen LogP contribution is -2.34. The number of hydrogen-bond acceptors (Lipinski definition) is 4. The van der Waals surface area contributed by atoms with Crippen LogP contribution in [-0.2, 0) is 4.79 Å². The Bertz CT molecular complexity index is 709. The fourth-order valence-corrected chi connectivity index (χ4v) is 2.84. The Hall–Kier alpha value is -2.36. The minimum atomic E-state index is -4.81. The number of carboxylic acids is 1. The van der Waals surface area contributed by atoms with E-state index in [9.17, 15) is 32.9 Å². The molecule has 1 heterocycles. The van der Waals surface area contributed by atoms with Crippen molar-refractivity contribution in [1.82, 2.24) is 4.90 Å². The number of likely N-dealkylation sites (tertiary alicyclic amines) is 1. The predicted molar refractivity (Wildman–Crippen MR) is 74.7 cm³/mol. The van der Waals surface area contributed by atoms with Crippen molar-refractivity contribution in [1.29, 1.82) is 0 Å². The van der Waals surface area contributed by atoms with Crippen molar-refractivity contribution in [3.8, 4) is 0 Å². The van der Waals surface area contributed by atoms with E-state index in [0.29, 0.717) is 4.90 Å². The first-order valence-electron chi connectivity index (χ1n) is 6.55. The lowest BCUT2D eigenvalue weighted by molar-refractivity contribution is -0.385. The number of nitro benzene ring substituents is 1. The molecule has 0 aromatic heterocycles. The second-order valence-corrected chi connectivity index (χ2v) is 5.60. The fourth-order valence-electron chi connectivity index (χ4n) is 2.59. The maximum atomic E-state index is 13.0. The molecule has 1 aromatic rings. The minimum absolute atomic E-state index is 0.295. The largest absolute Gasteiger partial charge is 0.481 e. The highest BCUT2D eigenvalue weighted by molar-refractivity contribution is 6.34. The Morgan fingerprint density at radius 1 is 1.33 bits per heavy atom. The van der Waals surface area contributed by atoms with Crippen LogP contribution in [0.15, 0.2) is 18.2 Å². The molecular weight excluding hydrogens is 357 g/mol. The monoisotopic (exact) mass is 366 g/mol. The van der Waals surface area contributed by atoms with Crippen LogP contribution < -0.4 is 0 Å². The summed E-state index contributed by atoms with van der Waals surface area (Å²) in [5.74, 6) is -6.89. The first-order valence-corrected chi connectivity index (χ1v) is 6.93. The highest BCUT2D eigenvalue weighted by Gasteiger charge is 2.54. The maximum Gasteiger partial charge on any atom is 0.394 e. The van der Waals surface area contributed by atoms with Crippen LogP contribution in [0.4, 0.5) is 18.9 Å². The fraction of sp³-hybridized carbons (Fsp3) is 0.385. The molecule has 0 radical (unpaired) electrons. The molecule has 1 aliphatic heterocycles. The number of carbonyl (C=O) groups excluding carboxylic acids is 1. The van der Waals surface area contributed by atoms with Crippen molar-refractivity contribution in [3.05, 3.63) is 38.9 Å². The maximum absolute atomic E-state index is 13.0. The standard InChI is InChI=1S/C13H10ClF3N2O5/c14-8-2-1-3-9(19(23)24)10(8)11(20)18-4-6(12(21)22)7(5-18)13(15,16)17/h1-3,6-7H,4-5H2,(H,21,22)/t6-,7-/m1/s1. The summed E-state index contributed by atoms with van der Waals surface area (Å²) in [5.41, 5.74) is -1.22. The first kappa shape index (κ1) is 18.0. The summed E-state index contributed by atoms with van der Waals surface area (Å²) in [6.07, 6.45) is -4.81. The second kappa shape index (κ2) is 6.27. The highest BCUT2D eigenvalue weighted by Crippen LogP contribution is 2.39. The smallest absolute Gasteiger partial charge is 0.394 e. The van der Waals surface area contributed by atoms with Crippen LogP contribution in [-0.4, -0.2) is 46.1 Å². The zero-order chi connectivity index (χ0) is 18.2. The van der Waals surface area contributed by atoms with Gasteiger partial charge < -0.3 is 10.0 Å². The Kier molecular flexibility index (Phi) is 4.70. The first-order chi connectivity index (χ1) is 11.0. The van der Waals surface area contributed by atoms with E-state index in [1.165, 1.54) is 12.1 Å². The average Bonchev–Trinajstić information content (AvgIpc) is 2.91. The van der Waals surface area contributed by atoms with Gasteiger partial charge in [-0.1, -0.05) is 17.7 Å². The average molecular weight is 367 g/mol. The molecule has 0 saturated carbocycles. The Balaban J connectivity index is 2.39. The third kappa shape index (κ3) is 3.28. The number of halogens is 4. The number of nitrogens with zero attached hydrogens (tertiary/aromatic N) is 2. The number of amides is 1. The number of aliphatic carboxylic acids is 1. The van der Waals surface area contributed by atoms with Gasteiger partial charge in [0.25, 0.3) is 11.6 Å². The van der Waals surface area contributed by atoms with Crippen molar-refractivity contribution in [2.24, 2.45) is 11.8 Å². The Labute approximate surface area is 137 Å². The van der Waals surface area contributed by atoms with Crippen molar-refractivity contribution < 1.29 is 32.8 Å². The number of carboxylic acid groups (broad SMARTS) is 1. The molecule has 11 heteroatoms. The molecule has 0 spiro atoms. The molecule has 130 valence electrons. The lowest BCUT2D eigenvalue weighted by Gasteiger charge is -2.18. The number of benzene rings is 1. The van der Waals surface area contributed by atoms with E-state index in [-0.39, 0.29) is 5.02 Å². The topological polar surface area (TPSA) is 101 Å². The SMILES string of the molecule is O=C(O)[C@@H]1CN(C(=O)c2c(Cl)cccc2[N+](=O)[O-])C[C@H]1C(F)(F)F. The van der Waals surface area contributed by atoms with Gasteiger partial charge >= 0.3 is 12.1 Å². The van der Waals surface area contributed by atoms with Gasteiger partial charge in [0.1, 0.15) is 5.56 Å². The predicted octanol–water partition coefficient (Wildman–Crippen LogP) is 2.58. The zero-order valence-electron chi connectivity index (χ0n) is 11.8. The van der Waals surface area contributed by atoms with E-state index >= 15 is 0 Å². The summed E-state index contributed by atoms with van der Waals surface area (Å²) >= 11 is 5.78. The number of rotatable bonds is 3. The van der Waals surface area contributed by atoms with E-state index in [0.717, 1.165) is 6.07 Å². The van der Waals surface area contributed by atoms with Crippen LogP contribution in [0.5, 0.6) is 0 Å². The third-order valence-electron chi connectivity index (χ3n) is 3.75. The summed E-state index contributed by atoms with van der Waals surface area (Å²) in [6, 6.07) is 3.40. The molecule has 2 atom stereocenters. The summed E-state index contributed by atoms with van der Waals surface area (Å²) in [7, 11) is 0. The molecular formula is C13H10ClF3N2O5. The van der Waals surface area contributed by atoms with Crippen LogP contribution in [0.1, 0.15) is 10.4 Å². The molecule has 7 nitrogen and oxygen atoms in total. The van der Waals surface area contributed by atoms with Crippen LogP contribution >= 0.6 is 11.6 Å². The summed E-state index contributed by atoms with van der Waals surface area (Å²) in [6.45, 7) is -1.61. The van der Waals surface area contributed by atoms with Crippen molar-refractivity contribution in [2.75, 3.05) is 13.1 Å². The van der Waals surface area contributed by atoms with Crippen molar-refractivity contribution in [3.63, 3.8) is 0 Å². The van der Waals surface area contributed by atoms with Gasteiger partial charge in [-0.05, 0) is 6.07 Å². The molecule has 0 bridgehead atoms. The van der Waals surface area contributed by atoms with Gasteiger partial charge in [-0.2, -0.15) is 13.2 Å². The molecule has 1 aliphatic rings. The highest BCUT2D eigenvalue weighted by atomic mass is 35.5. The lowest BCUT2D eigenvalue weighted by atomic mass is 9.96. The molecule has 0 aliphatic carbocycles. The molecule has 24 heavy (non-hydrogen) atoms. The molecule has 1 aromatic carbocycles. The zero-order valence-corrected chi connectivity index (χ0v) is 12.5. The van der Waals surface area contributed by atoms with Gasteiger partial charge in [0.05, 0.1) is 21.8 Å². The van der Waals surface area contributed by atoms with Crippen LogP contribution in [0.3, 0.4) is 0 Å². The minimum Gasteiger partial charge on any atom is -0.481 e. The van der Waals surface area contributed by atoms with Crippen LogP contribution in [0.25, 0.3) is 0 Å². The van der Waals surface area contributed by atoms with Gasteiger partial charge in [-0.25, -0.2) is 0 Å². The van der Waals surface area contributed by atoms with Gasteiger partial charge in [0.2, 0.25) is 0 Å². The van der Waals surface area contributed by atoms with E-state index in [1.807, 2.05) is 0 Å². The Morgan fingerprint density at radius 2 is 1.96 bits per heavy atom. The molecule has 1 saturated heterocycles. The molecule has 2 rings (SSSR count). The number of carbonyl (C=O) groups is 2. The van der Waals surface area contributed by atoms with Crippen molar-refractivity contribution in [2.45, 2.75) is 6.18 Å². The molecule has 1 fully saturated rings. The van der Waals surface area contributed by atoms with Gasteiger partial charge in [-0.3, -0.25) is 19.7 Å². The molecule has 1 N–H and O–H groups in total.